The zero-order valence-electron chi connectivity index (χ0n) is 15.1. The van der Waals surface area contributed by atoms with Crippen LogP contribution in [0.15, 0.2) is 52.4 Å². The minimum absolute atomic E-state index is 0.130. The van der Waals surface area contributed by atoms with E-state index in [-0.39, 0.29) is 28.8 Å². The lowest BCUT2D eigenvalue weighted by Crippen LogP contribution is -2.50. The first-order valence-corrected chi connectivity index (χ1v) is 10.9. The average molecular weight is 419 g/mol. The maximum Gasteiger partial charge on any atom is 0.307 e. The first-order chi connectivity index (χ1) is 13.4. The van der Waals surface area contributed by atoms with Gasteiger partial charge in [0.1, 0.15) is 0 Å². The number of thiazole rings is 1. The number of carbonyl (C=O) groups excluding carboxylic acids is 1. The van der Waals surface area contributed by atoms with Crippen LogP contribution >= 0.6 is 11.3 Å². The Bertz CT molecular complexity index is 1190. The van der Waals surface area contributed by atoms with Crippen molar-refractivity contribution in [3.63, 3.8) is 0 Å². The van der Waals surface area contributed by atoms with E-state index in [2.05, 4.69) is 4.98 Å². The van der Waals surface area contributed by atoms with Gasteiger partial charge in [-0.15, -0.1) is 0 Å². The van der Waals surface area contributed by atoms with Crippen molar-refractivity contribution in [1.29, 1.82) is 0 Å². The SMILES string of the molecule is Cn1c(=O)sc2cc(S(=O)(=O)N3CCN(C(=O)c4ccncc4)CC3)ccc21. The molecule has 10 heteroatoms. The molecule has 0 saturated carbocycles. The van der Waals surface area contributed by atoms with Gasteiger partial charge in [-0.2, -0.15) is 4.31 Å². The summed E-state index contributed by atoms with van der Waals surface area (Å²) < 4.78 is 29.5. The van der Waals surface area contributed by atoms with E-state index in [1.807, 2.05) is 0 Å². The molecule has 1 aromatic carbocycles. The number of fused-ring (bicyclic) bond motifs is 1. The lowest BCUT2D eigenvalue weighted by Gasteiger charge is -2.34. The van der Waals surface area contributed by atoms with Crippen molar-refractivity contribution in [2.75, 3.05) is 26.2 Å². The summed E-state index contributed by atoms with van der Waals surface area (Å²) in [6, 6.07) is 8.02. The van der Waals surface area contributed by atoms with Crippen molar-refractivity contribution in [2.24, 2.45) is 7.05 Å². The van der Waals surface area contributed by atoms with Gasteiger partial charge in [0, 0.05) is 51.2 Å². The molecule has 0 spiro atoms. The molecule has 146 valence electrons. The average Bonchev–Trinajstić information content (AvgIpc) is 3.01. The molecule has 0 aliphatic carbocycles. The fourth-order valence-corrected chi connectivity index (χ4v) is 5.67. The van der Waals surface area contributed by atoms with Crippen LogP contribution in [0.3, 0.4) is 0 Å². The third kappa shape index (κ3) is 3.23. The predicted molar refractivity (Wildman–Crippen MR) is 106 cm³/mol. The fourth-order valence-electron chi connectivity index (χ4n) is 3.23. The summed E-state index contributed by atoms with van der Waals surface area (Å²) in [5, 5.41) is 0. The lowest BCUT2D eigenvalue weighted by atomic mass is 10.2. The number of sulfonamides is 1. The van der Waals surface area contributed by atoms with Gasteiger partial charge in [0.15, 0.2) is 0 Å². The second-order valence-corrected chi connectivity index (χ2v) is 9.42. The number of piperazine rings is 1. The highest BCUT2D eigenvalue weighted by atomic mass is 32.2. The van der Waals surface area contributed by atoms with E-state index in [0.717, 1.165) is 11.3 Å². The van der Waals surface area contributed by atoms with Crippen LogP contribution in [0.5, 0.6) is 0 Å². The van der Waals surface area contributed by atoms with E-state index in [9.17, 15) is 18.0 Å². The first-order valence-electron chi connectivity index (χ1n) is 8.67. The Balaban J connectivity index is 1.52. The molecule has 3 heterocycles. The molecule has 3 aromatic rings. The summed E-state index contributed by atoms with van der Waals surface area (Å²) in [4.78, 5) is 29.9. The van der Waals surface area contributed by atoms with Crippen LogP contribution in [0.25, 0.3) is 10.2 Å². The molecule has 1 saturated heterocycles. The van der Waals surface area contributed by atoms with Gasteiger partial charge >= 0.3 is 4.87 Å². The highest BCUT2D eigenvalue weighted by molar-refractivity contribution is 7.89. The molecule has 2 aromatic heterocycles. The van der Waals surface area contributed by atoms with Crippen molar-refractivity contribution in [2.45, 2.75) is 4.90 Å². The maximum absolute atomic E-state index is 13.0. The first kappa shape index (κ1) is 18.8. The van der Waals surface area contributed by atoms with Crippen LogP contribution < -0.4 is 4.87 Å². The zero-order valence-corrected chi connectivity index (χ0v) is 16.7. The fraction of sp³-hybridized carbons (Fsp3) is 0.278. The number of aryl methyl sites for hydroxylation is 1. The monoisotopic (exact) mass is 418 g/mol. The summed E-state index contributed by atoms with van der Waals surface area (Å²) in [5.41, 5.74) is 1.25. The summed E-state index contributed by atoms with van der Waals surface area (Å²) in [5.74, 6) is -0.130. The number of benzene rings is 1. The van der Waals surface area contributed by atoms with Crippen LogP contribution in [-0.4, -0.2) is 59.3 Å². The zero-order chi connectivity index (χ0) is 19.9. The number of amides is 1. The summed E-state index contributed by atoms with van der Waals surface area (Å²) >= 11 is 1.02. The predicted octanol–water partition coefficient (Wildman–Crippen LogP) is 1.14. The Hall–Kier alpha value is -2.56. The van der Waals surface area contributed by atoms with E-state index < -0.39 is 10.0 Å². The van der Waals surface area contributed by atoms with Crippen LogP contribution in [0, 0.1) is 0 Å². The number of pyridine rings is 1. The Kier molecular flexibility index (Phi) is 4.77. The largest absolute Gasteiger partial charge is 0.336 e. The molecule has 1 aliphatic heterocycles. The Morgan fingerprint density at radius 2 is 1.75 bits per heavy atom. The van der Waals surface area contributed by atoms with Gasteiger partial charge in [-0.1, -0.05) is 11.3 Å². The van der Waals surface area contributed by atoms with E-state index in [1.54, 1.807) is 48.6 Å². The van der Waals surface area contributed by atoms with Crippen molar-refractivity contribution >= 4 is 37.5 Å². The van der Waals surface area contributed by atoms with Gasteiger partial charge in [-0.3, -0.25) is 14.6 Å². The molecule has 28 heavy (non-hydrogen) atoms. The molecule has 8 nitrogen and oxygen atoms in total. The highest BCUT2D eigenvalue weighted by Gasteiger charge is 2.30. The normalized spacial score (nSPS) is 15.8. The van der Waals surface area contributed by atoms with E-state index in [1.165, 1.54) is 14.9 Å². The van der Waals surface area contributed by atoms with Crippen LogP contribution in [0.2, 0.25) is 0 Å². The smallest absolute Gasteiger partial charge is 0.307 e. The molecule has 0 unspecified atom stereocenters. The van der Waals surface area contributed by atoms with Gasteiger partial charge < -0.3 is 9.47 Å². The summed E-state index contributed by atoms with van der Waals surface area (Å²) in [6.07, 6.45) is 3.12. The van der Waals surface area contributed by atoms with E-state index in [4.69, 9.17) is 0 Å². The quantitative estimate of drug-likeness (QED) is 0.636. The van der Waals surface area contributed by atoms with Crippen LogP contribution in [0.4, 0.5) is 0 Å². The molecule has 1 fully saturated rings. The van der Waals surface area contributed by atoms with Gasteiger partial charge in [0.05, 0.1) is 15.1 Å². The lowest BCUT2D eigenvalue weighted by molar-refractivity contribution is 0.0698. The summed E-state index contributed by atoms with van der Waals surface area (Å²) in [7, 11) is -2.03. The second-order valence-electron chi connectivity index (χ2n) is 6.49. The van der Waals surface area contributed by atoms with Gasteiger partial charge in [-0.05, 0) is 30.3 Å². The Morgan fingerprint density at radius 3 is 2.43 bits per heavy atom. The van der Waals surface area contributed by atoms with Crippen LogP contribution in [0.1, 0.15) is 10.4 Å². The maximum atomic E-state index is 13.0. The minimum atomic E-state index is -3.69. The van der Waals surface area contributed by atoms with E-state index in [0.29, 0.717) is 28.9 Å². The summed E-state index contributed by atoms with van der Waals surface area (Å²) in [6.45, 7) is 1.09. The van der Waals surface area contributed by atoms with Crippen molar-refractivity contribution in [1.82, 2.24) is 18.8 Å². The van der Waals surface area contributed by atoms with Crippen molar-refractivity contribution in [3.8, 4) is 0 Å². The molecule has 4 rings (SSSR count). The number of carbonyl (C=O) groups is 1. The molecule has 0 N–H and O–H groups in total. The molecule has 0 atom stereocenters. The van der Waals surface area contributed by atoms with Gasteiger partial charge in [0.2, 0.25) is 10.0 Å². The molecule has 1 amide bonds. The minimum Gasteiger partial charge on any atom is -0.336 e. The second kappa shape index (κ2) is 7.12. The molecule has 0 radical (unpaired) electrons. The van der Waals surface area contributed by atoms with Crippen molar-refractivity contribution < 1.29 is 13.2 Å². The Labute approximate surface area is 165 Å². The standard InChI is InChI=1S/C18H18N4O4S2/c1-20-15-3-2-14(12-16(15)27-18(20)24)28(25,26)22-10-8-21(9-11-22)17(23)13-4-6-19-7-5-13/h2-7,12H,8-11H2,1H3. The third-order valence-electron chi connectivity index (χ3n) is 4.85. The van der Waals surface area contributed by atoms with Crippen LogP contribution in [-0.2, 0) is 17.1 Å². The van der Waals surface area contributed by atoms with E-state index >= 15 is 0 Å². The number of hydrogen-bond donors (Lipinski definition) is 0. The number of rotatable bonds is 3. The highest BCUT2D eigenvalue weighted by Crippen LogP contribution is 2.24. The van der Waals surface area contributed by atoms with Gasteiger partial charge in [0.25, 0.3) is 5.91 Å². The van der Waals surface area contributed by atoms with Gasteiger partial charge in [-0.25, -0.2) is 8.42 Å². The number of aromatic nitrogens is 2. The molecular formula is C18H18N4O4S2. The topological polar surface area (TPSA) is 92.6 Å². The number of nitrogens with zero attached hydrogens (tertiary/aromatic N) is 4. The van der Waals surface area contributed by atoms with Crippen molar-refractivity contribution in [3.05, 3.63) is 58.0 Å². The molecular weight excluding hydrogens is 400 g/mol. The Morgan fingerprint density at radius 1 is 1.07 bits per heavy atom. The molecule has 0 bridgehead atoms. The number of hydrogen-bond acceptors (Lipinski definition) is 6. The molecule has 1 aliphatic rings. The third-order valence-corrected chi connectivity index (χ3v) is 7.74.